The third-order valence-corrected chi connectivity index (χ3v) is 8.85. The van der Waals surface area contributed by atoms with Gasteiger partial charge in [0.25, 0.3) is 0 Å². The number of hydrogen-bond donors (Lipinski definition) is 0. The highest BCUT2D eigenvalue weighted by Gasteiger charge is 2.34. The minimum Gasteiger partial charge on any atom is -0.317 e. The van der Waals surface area contributed by atoms with Gasteiger partial charge in [-0.1, -0.05) is 6.92 Å². The van der Waals surface area contributed by atoms with Gasteiger partial charge < -0.3 is 9.13 Å². The van der Waals surface area contributed by atoms with E-state index in [1.54, 1.807) is 25.4 Å². The summed E-state index contributed by atoms with van der Waals surface area (Å²) in [4.78, 5) is 15.0. The number of rotatable bonds is 5. The lowest BCUT2D eigenvalue weighted by Gasteiger charge is -2.07. The number of sulfone groups is 1. The van der Waals surface area contributed by atoms with Crippen molar-refractivity contribution in [3.8, 4) is 22.2 Å². The lowest BCUT2D eigenvalue weighted by Crippen LogP contribution is -2.11. The Morgan fingerprint density at radius 3 is 2.48 bits per heavy atom. The molecule has 174 valence electrons. The number of imidazole rings is 2. The Balaban J connectivity index is 1.73. The minimum absolute atomic E-state index is 0.0153. The molecule has 4 heterocycles. The van der Waals surface area contributed by atoms with E-state index in [1.807, 2.05) is 12.1 Å². The molecular formula is C21H20F3N5O2S2. The molecule has 0 amide bonds. The topological polar surface area (TPSA) is 82.7 Å². The van der Waals surface area contributed by atoms with E-state index in [0.29, 0.717) is 11.7 Å². The van der Waals surface area contributed by atoms with Crippen LogP contribution in [0.3, 0.4) is 0 Å². The van der Waals surface area contributed by atoms with Gasteiger partial charge in [-0.05, 0) is 37.0 Å². The van der Waals surface area contributed by atoms with Crippen molar-refractivity contribution in [2.24, 2.45) is 14.1 Å². The fraction of sp³-hybridized carbons (Fsp3) is 0.381. The zero-order valence-corrected chi connectivity index (χ0v) is 19.6. The van der Waals surface area contributed by atoms with Crippen LogP contribution in [0.25, 0.3) is 33.4 Å². The molecule has 0 unspecified atom stereocenters. The van der Waals surface area contributed by atoms with Crippen LogP contribution in [-0.2, 0) is 30.1 Å². The molecule has 1 aliphatic carbocycles. The summed E-state index contributed by atoms with van der Waals surface area (Å²) in [6.07, 6.45) is -1.53. The Bertz CT molecular complexity index is 1490. The van der Waals surface area contributed by atoms with Gasteiger partial charge in [0.1, 0.15) is 11.2 Å². The lowest BCUT2D eigenvalue weighted by molar-refractivity contribution is -0.137. The van der Waals surface area contributed by atoms with Gasteiger partial charge in [-0.3, -0.25) is 0 Å². The summed E-state index contributed by atoms with van der Waals surface area (Å²) in [5.74, 6) is 1.02. The highest BCUT2D eigenvalue weighted by molar-refractivity contribution is 7.91. The largest absolute Gasteiger partial charge is 0.417 e. The number of alkyl halides is 3. The van der Waals surface area contributed by atoms with Crippen LogP contribution < -0.4 is 0 Å². The normalized spacial score (nSPS) is 15.0. The molecule has 1 saturated carbocycles. The molecule has 0 atom stereocenters. The smallest absolute Gasteiger partial charge is 0.317 e. The van der Waals surface area contributed by atoms with Gasteiger partial charge in [-0.2, -0.15) is 13.2 Å². The third-order valence-electron chi connectivity index (χ3n) is 5.79. The summed E-state index contributed by atoms with van der Waals surface area (Å²) in [6.45, 7) is 1.54. The van der Waals surface area contributed by atoms with E-state index in [2.05, 4.69) is 15.0 Å². The SMILES string of the molecule is CCS(=O)(=O)c1c(-c2nc3cc(C(F)(F)F)cnc3n2C)nc(-c2ccc(C3CC3)s2)n1C. The van der Waals surface area contributed by atoms with E-state index in [9.17, 15) is 21.6 Å². The molecule has 0 bridgehead atoms. The van der Waals surface area contributed by atoms with Crippen LogP contribution in [0.15, 0.2) is 29.4 Å². The molecule has 0 aromatic carbocycles. The molecule has 0 N–H and O–H groups in total. The maximum Gasteiger partial charge on any atom is 0.417 e. The Kier molecular flexibility index (Phi) is 4.94. The lowest BCUT2D eigenvalue weighted by atomic mass is 10.2. The number of pyridine rings is 1. The number of halogens is 3. The fourth-order valence-electron chi connectivity index (χ4n) is 3.85. The first kappa shape index (κ1) is 22.1. The molecule has 0 aliphatic heterocycles. The van der Waals surface area contributed by atoms with Crippen LogP contribution in [0, 0.1) is 0 Å². The van der Waals surface area contributed by atoms with Crippen LogP contribution in [0.4, 0.5) is 13.2 Å². The second-order valence-electron chi connectivity index (χ2n) is 8.09. The summed E-state index contributed by atoms with van der Waals surface area (Å²) >= 11 is 1.58. The monoisotopic (exact) mass is 495 g/mol. The summed E-state index contributed by atoms with van der Waals surface area (Å²) in [5.41, 5.74) is -0.600. The fourth-order valence-corrected chi connectivity index (χ4v) is 6.26. The van der Waals surface area contributed by atoms with Crippen molar-refractivity contribution in [3.05, 3.63) is 34.8 Å². The molecule has 4 aromatic rings. The first-order valence-corrected chi connectivity index (χ1v) is 12.8. The quantitative estimate of drug-likeness (QED) is 0.398. The number of fused-ring (bicyclic) bond motifs is 1. The van der Waals surface area contributed by atoms with E-state index < -0.39 is 21.6 Å². The van der Waals surface area contributed by atoms with Crippen LogP contribution in [0.1, 0.15) is 36.1 Å². The van der Waals surface area contributed by atoms with E-state index in [1.165, 1.54) is 20.9 Å². The number of aromatic nitrogens is 5. The van der Waals surface area contributed by atoms with Crippen molar-refractivity contribution in [1.82, 2.24) is 24.1 Å². The van der Waals surface area contributed by atoms with Crippen molar-refractivity contribution in [1.29, 1.82) is 0 Å². The summed E-state index contributed by atoms with van der Waals surface area (Å²) in [6, 6.07) is 4.88. The summed E-state index contributed by atoms with van der Waals surface area (Å²) in [5, 5.41) is -0.0178. The van der Waals surface area contributed by atoms with Crippen molar-refractivity contribution in [2.75, 3.05) is 5.75 Å². The van der Waals surface area contributed by atoms with Crippen LogP contribution in [0.5, 0.6) is 0 Å². The molecule has 4 aromatic heterocycles. The number of thiophene rings is 1. The first-order valence-electron chi connectivity index (χ1n) is 10.3. The molecule has 12 heteroatoms. The van der Waals surface area contributed by atoms with Crippen molar-refractivity contribution < 1.29 is 21.6 Å². The second-order valence-corrected chi connectivity index (χ2v) is 11.4. The Hall–Kier alpha value is -2.73. The van der Waals surface area contributed by atoms with Crippen molar-refractivity contribution in [2.45, 2.75) is 36.9 Å². The zero-order valence-electron chi connectivity index (χ0n) is 18.0. The molecular weight excluding hydrogens is 475 g/mol. The highest BCUT2D eigenvalue weighted by Crippen LogP contribution is 2.45. The Morgan fingerprint density at radius 1 is 1.12 bits per heavy atom. The summed E-state index contributed by atoms with van der Waals surface area (Å²) < 4.78 is 68.5. The molecule has 5 rings (SSSR count). The molecule has 0 radical (unpaired) electrons. The number of nitrogens with zero attached hydrogens (tertiary/aromatic N) is 5. The number of aryl methyl sites for hydroxylation is 1. The predicted octanol–water partition coefficient (Wildman–Crippen LogP) is 4.79. The van der Waals surface area contributed by atoms with Crippen molar-refractivity contribution in [3.63, 3.8) is 0 Å². The van der Waals surface area contributed by atoms with E-state index in [4.69, 9.17) is 0 Å². The molecule has 0 saturated heterocycles. The summed E-state index contributed by atoms with van der Waals surface area (Å²) in [7, 11) is -0.512. The van der Waals surface area contributed by atoms with Crippen molar-refractivity contribution >= 4 is 32.3 Å². The molecule has 1 fully saturated rings. The molecule has 7 nitrogen and oxygen atoms in total. The van der Waals surface area contributed by atoms with E-state index in [0.717, 1.165) is 30.0 Å². The Labute approximate surface area is 191 Å². The van der Waals surface area contributed by atoms with E-state index in [-0.39, 0.29) is 33.5 Å². The van der Waals surface area contributed by atoms with Crippen LogP contribution in [-0.4, -0.2) is 38.3 Å². The van der Waals surface area contributed by atoms with Crippen LogP contribution >= 0.6 is 11.3 Å². The molecule has 33 heavy (non-hydrogen) atoms. The standard InChI is InChI=1S/C21H20F3N5O2S2/c1-4-33(30,31)20-16(27-18(29(20)3)15-8-7-14(32-15)11-5-6-11)19-26-13-9-12(21(22,23)24)10-25-17(13)28(19)2/h7-11H,4-6H2,1-3H3. The van der Waals surface area contributed by atoms with E-state index >= 15 is 0 Å². The van der Waals surface area contributed by atoms with Gasteiger partial charge in [0, 0.05) is 25.2 Å². The average Bonchev–Trinajstić information content (AvgIpc) is 3.25. The molecule has 1 aliphatic rings. The van der Waals surface area contributed by atoms with Gasteiger partial charge in [0.2, 0.25) is 0 Å². The highest BCUT2D eigenvalue weighted by atomic mass is 32.2. The zero-order chi connectivity index (χ0) is 23.7. The molecule has 0 spiro atoms. The maximum atomic E-state index is 13.2. The third kappa shape index (κ3) is 3.65. The Morgan fingerprint density at radius 2 is 1.85 bits per heavy atom. The predicted molar refractivity (Wildman–Crippen MR) is 119 cm³/mol. The number of hydrogen-bond acceptors (Lipinski definition) is 6. The van der Waals surface area contributed by atoms with Crippen LogP contribution in [0.2, 0.25) is 0 Å². The first-order chi connectivity index (χ1) is 15.5. The van der Waals surface area contributed by atoms with Gasteiger partial charge in [0.15, 0.2) is 32.2 Å². The average molecular weight is 496 g/mol. The van der Waals surface area contributed by atoms with Gasteiger partial charge in [-0.25, -0.2) is 23.4 Å². The maximum absolute atomic E-state index is 13.2. The van der Waals surface area contributed by atoms with Gasteiger partial charge in [-0.15, -0.1) is 11.3 Å². The minimum atomic E-state index is -4.56. The van der Waals surface area contributed by atoms with Gasteiger partial charge in [0.05, 0.1) is 16.2 Å². The van der Waals surface area contributed by atoms with Gasteiger partial charge >= 0.3 is 6.18 Å². The second kappa shape index (κ2) is 7.39.